The van der Waals surface area contributed by atoms with E-state index in [2.05, 4.69) is 10.2 Å². The number of ketones is 1. The van der Waals surface area contributed by atoms with Gasteiger partial charge in [-0.15, -0.1) is 0 Å². The van der Waals surface area contributed by atoms with E-state index in [1.807, 2.05) is 20.8 Å². The number of anilines is 1. The largest absolute Gasteiger partial charge is 0.507 e. The molecule has 5 bridgehead atoms. The number of esters is 1. The number of hydrogen-bond donors (Lipinski definition) is 5. The third kappa shape index (κ3) is 11.0. The van der Waals surface area contributed by atoms with Crippen LogP contribution in [-0.2, 0) is 28.6 Å². The van der Waals surface area contributed by atoms with E-state index in [-0.39, 0.29) is 50.6 Å². The van der Waals surface area contributed by atoms with E-state index in [1.54, 1.807) is 44.7 Å². The van der Waals surface area contributed by atoms with E-state index in [4.69, 9.17) is 23.7 Å². The average Bonchev–Trinajstić information content (AvgIpc) is 3.52. The normalized spacial score (nSPS) is 28.0. The number of allylic oxidation sites excluding steroid dienone is 2. The summed E-state index contributed by atoms with van der Waals surface area (Å²) >= 11 is 0. The Morgan fingerprint density at radius 1 is 0.905 bits per heavy atom. The third-order valence-corrected chi connectivity index (χ3v) is 12.5. The highest BCUT2D eigenvalue weighted by Crippen LogP contribution is 2.54. The van der Waals surface area contributed by atoms with E-state index in [9.17, 15) is 39.6 Å². The van der Waals surface area contributed by atoms with Gasteiger partial charge in [-0.1, -0.05) is 59.8 Å². The molecule has 3 heterocycles. The van der Waals surface area contributed by atoms with Crippen molar-refractivity contribution in [2.24, 2.45) is 23.7 Å². The Hall–Kier alpha value is -5.16. The van der Waals surface area contributed by atoms with Crippen LogP contribution >= 0.6 is 0 Å². The fourth-order valence-electron chi connectivity index (χ4n) is 8.24. The minimum Gasteiger partial charge on any atom is -0.507 e. The predicted octanol–water partition coefficient (Wildman–Crippen LogP) is 5.62. The van der Waals surface area contributed by atoms with Crippen LogP contribution in [0.4, 0.5) is 5.69 Å². The molecule has 9 atom stereocenters. The summed E-state index contributed by atoms with van der Waals surface area (Å²) in [5.41, 5.74) is -0.00604. The first kappa shape index (κ1) is 50.5. The maximum absolute atomic E-state index is 14.6. The lowest BCUT2D eigenvalue weighted by atomic mass is 9.78. The Bertz CT molecular complexity index is 2100. The number of fused-ring (bicyclic) bond motifs is 14. The molecule has 0 radical (unpaired) electrons. The molecular formula is C47H67N3O13. The number of rotatable bonds is 11. The van der Waals surface area contributed by atoms with Gasteiger partial charge in [0.15, 0.2) is 12.4 Å². The summed E-state index contributed by atoms with van der Waals surface area (Å²) in [6.45, 7) is 21.1. The van der Waals surface area contributed by atoms with Crippen molar-refractivity contribution in [3.8, 4) is 23.0 Å². The maximum atomic E-state index is 14.6. The van der Waals surface area contributed by atoms with Crippen LogP contribution in [0.2, 0.25) is 0 Å². The zero-order chi connectivity index (χ0) is 47.1. The van der Waals surface area contributed by atoms with Crippen molar-refractivity contribution in [3.05, 3.63) is 53.3 Å². The molecule has 2 aromatic carbocycles. The molecular weight excluding hydrogens is 815 g/mol. The number of carbonyl (C=O) groups is 4. The van der Waals surface area contributed by atoms with E-state index in [0.717, 1.165) is 13.1 Å². The van der Waals surface area contributed by atoms with Crippen molar-refractivity contribution >= 4 is 40.0 Å². The molecule has 3 aliphatic rings. The number of phenolic OH excluding ortho intramolecular Hbond substituents is 2. The Morgan fingerprint density at radius 2 is 1.57 bits per heavy atom. The number of phenols is 2. The van der Waals surface area contributed by atoms with Crippen LogP contribution in [-0.4, -0.2) is 130 Å². The highest BCUT2D eigenvalue weighted by Gasteiger charge is 2.50. The zero-order valence-electron chi connectivity index (χ0n) is 38.7. The molecule has 2 aromatic rings. The number of carbonyl (C=O) groups excluding carboxylic acids is 4. The van der Waals surface area contributed by atoms with Gasteiger partial charge in [-0.25, -0.2) is 0 Å². The van der Waals surface area contributed by atoms with Gasteiger partial charge in [0.2, 0.25) is 0 Å². The van der Waals surface area contributed by atoms with Crippen LogP contribution in [0.25, 0.3) is 10.8 Å². The molecule has 0 aromatic heterocycles. The molecule has 3 aliphatic heterocycles. The predicted molar refractivity (Wildman–Crippen MR) is 238 cm³/mol. The summed E-state index contributed by atoms with van der Waals surface area (Å²) < 4.78 is 30.0. The average molecular weight is 882 g/mol. The molecule has 16 nitrogen and oxygen atoms in total. The highest BCUT2D eigenvalue weighted by atomic mass is 16.7. The quantitative estimate of drug-likeness (QED) is 0.137. The number of amides is 2. The Kier molecular flexibility index (Phi) is 17.2. The summed E-state index contributed by atoms with van der Waals surface area (Å²) in [4.78, 5) is 58.1. The molecule has 63 heavy (non-hydrogen) atoms. The van der Waals surface area contributed by atoms with Crippen molar-refractivity contribution in [2.75, 3.05) is 51.8 Å². The van der Waals surface area contributed by atoms with Crippen LogP contribution in [0.1, 0.15) is 85.2 Å². The lowest BCUT2D eigenvalue weighted by Gasteiger charge is -2.38. The summed E-state index contributed by atoms with van der Waals surface area (Å²) in [5, 5.41) is 48.7. The van der Waals surface area contributed by atoms with Crippen molar-refractivity contribution in [3.63, 3.8) is 0 Å². The molecule has 0 aliphatic carbocycles. The van der Waals surface area contributed by atoms with Crippen LogP contribution in [0.15, 0.2) is 42.2 Å². The van der Waals surface area contributed by atoms with Crippen LogP contribution in [0.5, 0.6) is 23.0 Å². The zero-order valence-corrected chi connectivity index (χ0v) is 38.7. The number of methoxy groups -OCH3 is 1. The van der Waals surface area contributed by atoms with Gasteiger partial charge in [-0.2, -0.15) is 0 Å². The number of Topliss-reactive ketones (excluding diaryl/α,β-unsaturated/α-hetero) is 1. The number of nitrogens with one attached hydrogen (secondary N) is 1. The first-order valence-electron chi connectivity index (χ1n) is 21.7. The molecule has 0 saturated heterocycles. The second-order valence-electron chi connectivity index (χ2n) is 16.7. The number of aliphatic hydroxyl groups is 2. The highest BCUT2D eigenvalue weighted by molar-refractivity contribution is 6.21. The summed E-state index contributed by atoms with van der Waals surface area (Å²) in [6, 6.07) is 1.28. The molecule has 0 spiro atoms. The lowest BCUT2D eigenvalue weighted by Crippen LogP contribution is -2.46. The number of likely N-dealkylation sites (N-methyl/N-ethyl adjacent to an activating group) is 2. The van der Waals surface area contributed by atoms with Gasteiger partial charge in [-0.05, 0) is 39.9 Å². The summed E-state index contributed by atoms with van der Waals surface area (Å²) in [7, 11) is 1.44. The number of ether oxygens (including phenoxy) is 5. The maximum Gasteiger partial charge on any atom is 0.312 e. The Labute approximate surface area is 370 Å². The monoisotopic (exact) mass is 881 g/mol. The molecule has 348 valence electrons. The molecule has 5 N–H and O–H groups in total. The van der Waals surface area contributed by atoms with E-state index < -0.39 is 89.6 Å². The van der Waals surface area contributed by atoms with Gasteiger partial charge in [-0.3, -0.25) is 19.2 Å². The van der Waals surface area contributed by atoms with Crippen molar-refractivity contribution in [1.29, 1.82) is 0 Å². The van der Waals surface area contributed by atoms with Gasteiger partial charge in [0.25, 0.3) is 17.6 Å². The standard InChI is InChI=1S/C47H67N3O13/c1-13-49(14-2)20-21-50(15-3)35(52)24-60-34-23-32-42(56)37-36(34)38-44(30(9)41(37)55)63-47(11,45(38)57)61-22-19-33(59-12)27(6)43(62-31(10)51)29(8)40(54)28(7)39(53)25(4)17-16-18-26(5)46(58)48-32/h16-19,22-23,25,27-29,33,39-40,43,53-56H,13-15,20-21,24H2,1-12H3,(H,48,58)/b17-16+,22-19+,26-18?. The SMILES string of the molecule is CCN(CC)CCN(CC)C(=O)COc1cc2c(O)c3c(O)c(C)c4c(c13)C(=O)C(C)(O/C=C/C(OC)C(C)C(OC(C)=O)C(C)C(O)C(C)C(O)C(C)/C=C/C=C(C)C(=O)N2)O4. The molecule has 2 amide bonds. The van der Waals surface area contributed by atoms with Gasteiger partial charge in [0.1, 0.15) is 23.4 Å². The molecule has 9 unspecified atom stereocenters. The van der Waals surface area contributed by atoms with Crippen LogP contribution in [0, 0.1) is 30.6 Å². The third-order valence-electron chi connectivity index (χ3n) is 12.5. The Morgan fingerprint density at radius 3 is 2.17 bits per heavy atom. The van der Waals surface area contributed by atoms with Gasteiger partial charge in [0.05, 0.1) is 41.2 Å². The Balaban J connectivity index is 1.91. The first-order chi connectivity index (χ1) is 29.7. The second-order valence-corrected chi connectivity index (χ2v) is 16.7. The molecule has 0 fully saturated rings. The smallest absolute Gasteiger partial charge is 0.312 e. The topological polar surface area (TPSA) is 214 Å². The van der Waals surface area contributed by atoms with Crippen LogP contribution < -0.4 is 14.8 Å². The van der Waals surface area contributed by atoms with Crippen molar-refractivity contribution in [1.82, 2.24) is 9.80 Å². The minimum atomic E-state index is -2.03. The second kappa shape index (κ2) is 21.5. The first-order valence-corrected chi connectivity index (χ1v) is 21.7. The summed E-state index contributed by atoms with van der Waals surface area (Å²) in [6.07, 6.45) is 3.61. The van der Waals surface area contributed by atoms with Gasteiger partial charge in [0, 0.05) is 86.9 Å². The van der Waals surface area contributed by atoms with Crippen molar-refractivity contribution in [2.45, 2.75) is 106 Å². The fourth-order valence-corrected chi connectivity index (χ4v) is 8.24. The molecule has 5 rings (SSSR count). The number of nitrogens with zero attached hydrogens (tertiary/aromatic N) is 2. The number of benzene rings is 2. The van der Waals surface area contributed by atoms with Crippen molar-refractivity contribution < 1.29 is 63.3 Å². The fraction of sp³-hybridized carbons (Fsp3) is 0.574. The lowest BCUT2D eigenvalue weighted by molar-refractivity contribution is -0.160. The van der Waals surface area contributed by atoms with Gasteiger partial charge < -0.3 is 59.2 Å². The van der Waals surface area contributed by atoms with Gasteiger partial charge >= 0.3 is 11.8 Å². The van der Waals surface area contributed by atoms with Crippen LogP contribution in [0.3, 0.4) is 0 Å². The number of hydrogen-bond acceptors (Lipinski definition) is 14. The minimum absolute atomic E-state index is 0.0568. The summed E-state index contributed by atoms with van der Waals surface area (Å²) in [5.74, 6) is -8.02. The van der Waals surface area contributed by atoms with E-state index in [1.165, 1.54) is 59.3 Å². The van der Waals surface area contributed by atoms with E-state index >= 15 is 0 Å². The van der Waals surface area contributed by atoms with E-state index in [0.29, 0.717) is 19.6 Å². The molecule has 16 heteroatoms. The number of aromatic hydroxyl groups is 2. The molecule has 0 saturated carbocycles. The number of aliphatic hydroxyl groups excluding tert-OH is 2.